The minimum absolute atomic E-state index is 0.0985. The quantitative estimate of drug-likeness (QED) is 0.811. The van der Waals surface area contributed by atoms with Crippen LogP contribution in [0.1, 0.15) is 42.0 Å². The standard InChI is InChI=1S/C23H30N2O3S/c1-17-13-18(2)21(19(3)14-17)29(27,28)25-12-8-11-23(4,16-25)22(26)24-15-20-9-6-5-7-10-20/h5-7,9-10,13-14H,8,11-12,15-16H2,1-4H3,(H,24,26)/t23-/m0/s1. The van der Waals surface area contributed by atoms with Crippen LogP contribution in [0.5, 0.6) is 0 Å². The number of amides is 1. The first kappa shape index (κ1) is 21.5. The van der Waals surface area contributed by atoms with Gasteiger partial charge >= 0.3 is 0 Å². The van der Waals surface area contributed by atoms with Crippen molar-refractivity contribution in [2.75, 3.05) is 13.1 Å². The molecule has 1 amide bonds. The minimum Gasteiger partial charge on any atom is -0.352 e. The van der Waals surface area contributed by atoms with Crippen LogP contribution in [0, 0.1) is 26.2 Å². The van der Waals surface area contributed by atoms with Gasteiger partial charge in [0.2, 0.25) is 15.9 Å². The van der Waals surface area contributed by atoms with Crippen molar-refractivity contribution >= 4 is 15.9 Å². The summed E-state index contributed by atoms with van der Waals surface area (Å²) in [5, 5.41) is 2.99. The fourth-order valence-electron chi connectivity index (χ4n) is 4.28. The molecule has 3 rings (SSSR count). The summed E-state index contributed by atoms with van der Waals surface area (Å²) in [6.07, 6.45) is 1.34. The molecule has 2 aromatic carbocycles. The molecule has 0 unspecified atom stereocenters. The zero-order chi connectivity index (χ0) is 21.2. The molecular weight excluding hydrogens is 384 g/mol. The highest BCUT2D eigenvalue weighted by atomic mass is 32.2. The third-order valence-corrected chi connectivity index (χ3v) is 7.86. The molecule has 1 heterocycles. The predicted molar refractivity (Wildman–Crippen MR) is 115 cm³/mol. The van der Waals surface area contributed by atoms with Crippen LogP contribution in [0.4, 0.5) is 0 Å². The lowest BCUT2D eigenvalue weighted by Crippen LogP contribution is -2.51. The Morgan fingerprint density at radius 2 is 1.72 bits per heavy atom. The lowest BCUT2D eigenvalue weighted by molar-refractivity contribution is -0.132. The van der Waals surface area contributed by atoms with Gasteiger partial charge in [-0.15, -0.1) is 0 Å². The molecule has 0 spiro atoms. The maximum Gasteiger partial charge on any atom is 0.243 e. The largest absolute Gasteiger partial charge is 0.352 e. The lowest BCUT2D eigenvalue weighted by Gasteiger charge is -2.39. The van der Waals surface area contributed by atoms with E-state index in [2.05, 4.69) is 5.32 Å². The summed E-state index contributed by atoms with van der Waals surface area (Å²) in [6.45, 7) is 8.58. The Kier molecular flexibility index (Phi) is 6.15. The summed E-state index contributed by atoms with van der Waals surface area (Å²) < 4.78 is 28.3. The van der Waals surface area contributed by atoms with E-state index in [0.29, 0.717) is 30.8 Å². The Balaban J connectivity index is 1.79. The number of aryl methyl sites for hydroxylation is 3. The second-order valence-corrected chi connectivity index (χ2v) is 10.3. The maximum atomic E-state index is 13.4. The summed E-state index contributed by atoms with van der Waals surface area (Å²) in [5.41, 5.74) is 2.83. The number of benzene rings is 2. The summed E-state index contributed by atoms with van der Waals surface area (Å²) in [5.74, 6) is -0.0985. The van der Waals surface area contributed by atoms with E-state index in [1.54, 1.807) is 0 Å². The van der Waals surface area contributed by atoms with Crippen LogP contribution in [0.15, 0.2) is 47.4 Å². The molecule has 1 atom stereocenters. The van der Waals surface area contributed by atoms with E-state index in [-0.39, 0.29) is 12.5 Å². The van der Waals surface area contributed by atoms with Gasteiger partial charge in [0.05, 0.1) is 10.3 Å². The second-order valence-electron chi connectivity index (χ2n) is 8.40. The van der Waals surface area contributed by atoms with Gasteiger partial charge in [0.1, 0.15) is 0 Å². The molecule has 5 nitrogen and oxygen atoms in total. The fourth-order valence-corrected chi connectivity index (χ4v) is 6.29. The number of nitrogens with zero attached hydrogens (tertiary/aromatic N) is 1. The van der Waals surface area contributed by atoms with Crippen molar-refractivity contribution in [3.8, 4) is 0 Å². The van der Waals surface area contributed by atoms with E-state index in [1.165, 1.54) is 4.31 Å². The van der Waals surface area contributed by atoms with Gasteiger partial charge in [-0.3, -0.25) is 4.79 Å². The van der Waals surface area contributed by atoms with Crippen molar-refractivity contribution in [2.45, 2.75) is 52.0 Å². The van der Waals surface area contributed by atoms with Crippen molar-refractivity contribution in [3.63, 3.8) is 0 Å². The van der Waals surface area contributed by atoms with Crippen molar-refractivity contribution in [1.29, 1.82) is 0 Å². The monoisotopic (exact) mass is 414 g/mol. The van der Waals surface area contributed by atoms with E-state index in [4.69, 9.17) is 0 Å². The van der Waals surface area contributed by atoms with Gasteiger partial charge in [-0.05, 0) is 57.2 Å². The number of nitrogens with one attached hydrogen (secondary N) is 1. The fraction of sp³-hybridized carbons (Fsp3) is 0.435. The van der Waals surface area contributed by atoms with Crippen LogP contribution in [0.2, 0.25) is 0 Å². The molecule has 1 N–H and O–H groups in total. The predicted octanol–water partition coefficient (Wildman–Crippen LogP) is 3.72. The molecule has 29 heavy (non-hydrogen) atoms. The molecular formula is C23H30N2O3S. The summed E-state index contributed by atoms with van der Waals surface area (Å²) in [7, 11) is -3.66. The first-order valence-electron chi connectivity index (χ1n) is 10.0. The lowest BCUT2D eigenvalue weighted by atomic mass is 9.82. The van der Waals surface area contributed by atoms with Crippen LogP contribution in [-0.4, -0.2) is 31.7 Å². The number of hydrogen-bond acceptors (Lipinski definition) is 3. The van der Waals surface area contributed by atoms with Crippen molar-refractivity contribution < 1.29 is 13.2 Å². The zero-order valence-corrected chi connectivity index (χ0v) is 18.5. The third kappa shape index (κ3) is 4.54. The van der Waals surface area contributed by atoms with Crippen molar-refractivity contribution in [1.82, 2.24) is 9.62 Å². The van der Waals surface area contributed by atoms with E-state index in [9.17, 15) is 13.2 Å². The summed E-state index contributed by atoms with van der Waals surface area (Å²) >= 11 is 0. The number of carbonyl (C=O) groups is 1. The SMILES string of the molecule is Cc1cc(C)c(S(=O)(=O)N2CCC[C@](C)(C(=O)NCc3ccccc3)C2)c(C)c1. The van der Waals surface area contributed by atoms with Gasteiger partial charge < -0.3 is 5.32 Å². The van der Waals surface area contributed by atoms with Gasteiger partial charge in [-0.2, -0.15) is 4.31 Å². The first-order valence-corrected chi connectivity index (χ1v) is 11.5. The topological polar surface area (TPSA) is 66.5 Å². The molecule has 0 bridgehead atoms. The molecule has 156 valence electrons. The Morgan fingerprint density at radius 3 is 2.34 bits per heavy atom. The molecule has 1 saturated heterocycles. The van der Waals surface area contributed by atoms with Crippen molar-refractivity contribution in [3.05, 3.63) is 64.7 Å². The molecule has 0 saturated carbocycles. The van der Waals surface area contributed by atoms with Gasteiger partial charge in [-0.1, -0.05) is 48.0 Å². The summed E-state index contributed by atoms with van der Waals surface area (Å²) in [4.78, 5) is 13.3. The molecule has 1 aliphatic rings. The number of sulfonamides is 1. The zero-order valence-electron chi connectivity index (χ0n) is 17.7. The first-order chi connectivity index (χ1) is 13.6. The second kappa shape index (κ2) is 8.28. The van der Waals surface area contributed by atoms with Crippen LogP contribution in [0.25, 0.3) is 0 Å². The Labute approximate surface area is 174 Å². The molecule has 1 aliphatic heterocycles. The highest BCUT2D eigenvalue weighted by Gasteiger charge is 2.42. The normalized spacial score (nSPS) is 20.4. The highest BCUT2D eigenvalue weighted by molar-refractivity contribution is 7.89. The molecule has 1 fully saturated rings. The van der Waals surface area contributed by atoms with Gasteiger partial charge in [-0.25, -0.2) is 8.42 Å². The molecule has 0 radical (unpaired) electrons. The average Bonchev–Trinajstić information content (AvgIpc) is 2.66. The van der Waals surface area contributed by atoms with Crippen LogP contribution in [-0.2, 0) is 21.4 Å². The van der Waals surface area contributed by atoms with Gasteiger partial charge in [0.25, 0.3) is 0 Å². The Bertz CT molecular complexity index is 979. The van der Waals surface area contributed by atoms with Gasteiger partial charge in [0, 0.05) is 19.6 Å². The number of piperidine rings is 1. The smallest absolute Gasteiger partial charge is 0.243 e. The van der Waals surface area contributed by atoms with Crippen LogP contribution >= 0.6 is 0 Å². The van der Waals surface area contributed by atoms with Crippen LogP contribution in [0.3, 0.4) is 0 Å². The van der Waals surface area contributed by atoms with E-state index < -0.39 is 15.4 Å². The minimum atomic E-state index is -3.66. The van der Waals surface area contributed by atoms with Gasteiger partial charge in [0.15, 0.2) is 0 Å². The number of carbonyl (C=O) groups excluding carboxylic acids is 1. The van der Waals surface area contributed by atoms with E-state index in [1.807, 2.05) is 70.2 Å². The number of rotatable bonds is 5. The molecule has 6 heteroatoms. The van der Waals surface area contributed by atoms with Crippen LogP contribution < -0.4 is 5.32 Å². The molecule has 0 aromatic heterocycles. The van der Waals surface area contributed by atoms with E-state index in [0.717, 1.165) is 22.3 Å². The number of hydrogen-bond donors (Lipinski definition) is 1. The molecule has 2 aromatic rings. The summed E-state index contributed by atoms with van der Waals surface area (Å²) in [6, 6.07) is 13.5. The Morgan fingerprint density at radius 1 is 1.10 bits per heavy atom. The maximum absolute atomic E-state index is 13.4. The van der Waals surface area contributed by atoms with Crippen molar-refractivity contribution in [2.24, 2.45) is 5.41 Å². The highest BCUT2D eigenvalue weighted by Crippen LogP contribution is 2.34. The third-order valence-electron chi connectivity index (χ3n) is 5.71. The average molecular weight is 415 g/mol. The molecule has 0 aliphatic carbocycles. The van der Waals surface area contributed by atoms with E-state index >= 15 is 0 Å². The Hall–Kier alpha value is -2.18.